The first-order chi connectivity index (χ1) is 7.66. The fourth-order valence-electron chi connectivity index (χ4n) is 1.45. The highest BCUT2D eigenvalue weighted by atomic mass is 35.5. The minimum absolute atomic E-state index is 0.00967. The number of hydrogen-bond acceptors (Lipinski definition) is 4. The van der Waals surface area contributed by atoms with E-state index in [9.17, 15) is 4.79 Å². The number of hydrogen-bond donors (Lipinski definition) is 2. The molecule has 16 heavy (non-hydrogen) atoms. The SMILES string of the molecule is C=C1CC(C(=O)NNc2nccnc2Cl)C1. The lowest BCUT2D eigenvalue weighted by Crippen LogP contribution is -2.38. The van der Waals surface area contributed by atoms with Crippen LogP contribution in [0.4, 0.5) is 5.82 Å². The lowest BCUT2D eigenvalue weighted by Gasteiger charge is -2.27. The maximum atomic E-state index is 11.5. The fourth-order valence-corrected chi connectivity index (χ4v) is 1.60. The molecule has 0 atom stereocenters. The highest BCUT2D eigenvalue weighted by Gasteiger charge is 2.28. The molecule has 84 valence electrons. The average molecular weight is 239 g/mol. The molecule has 1 aromatic rings. The van der Waals surface area contributed by atoms with Crippen LogP contribution in [0.1, 0.15) is 12.8 Å². The topological polar surface area (TPSA) is 66.9 Å². The lowest BCUT2D eigenvalue weighted by atomic mass is 9.81. The quantitative estimate of drug-likeness (QED) is 0.619. The van der Waals surface area contributed by atoms with Gasteiger partial charge in [-0.05, 0) is 12.8 Å². The molecule has 1 amide bonds. The van der Waals surface area contributed by atoms with Crippen LogP contribution >= 0.6 is 11.6 Å². The van der Waals surface area contributed by atoms with Gasteiger partial charge in [0, 0.05) is 18.3 Å². The smallest absolute Gasteiger partial charge is 0.242 e. The Morgan fingerprint density at radius 3 is 2.75 bits per heavy atom. The minimum Gasteiger partial charge on any atom is -0.279 e. The molecule has 2 rings (SSSR count). The number of rotatable bonds is 3. The van der Waals surface area contributed by atoms with Crippen LogP contribution in [0, 0.1) is 5.92 Å². The van der Waals surface area contributed by atoms with Gasteiger partial charge in [-0.25, -0.2) is 9.97 Å². The third-order valence-corrected chi connectivity index (χ3v) is 2.68. The molecule has 0 unspecified atom stereocenters. The number of nitrogens with one attached hydrogen (secondary N) is 2. The zero-order valence-corrected chi connectivity index (χ0v) is 9.29. The Balaban J connectivity index is 1.86. The molecule has 1 aliphatic carbocycles. The molecule has 1 aliphatic rings. The summed E-state index contributed by atoms with van der Waals surface area (Å²) >= 11 is 5.76. The number of halogens is 1. The van der Waals surface area contributed by atoms with Crippen molar-refractivity contribution in [3.63, 3.8) is 0 Å². The van der Waals surface area contributed by atoms with E-state index < -0.39 is 0 Å². The lowest BCUT2D eigenvalue weighted by molar-refractivity contribution is -0.125. The second-order valence-corrected chi connectivity index (χ2v) is 4.02. The van der Waals surface area contributed by atoms with Crippen LogP contribution in [0.25, 0.3) is 0 Å². The van der Waals surface area contributed by atoms with Gasteiger partial charge in [-0.1, -0.05) is 23.8 Å². The summed E-state index contributed by atoms with van der Waals surface area (Å²) in [6.07, 6.45) is 4.47. The van der Waals surface area contributed by atoms with E-state index in [0.717, 1.165) is 18.4 Å². The number of anilines is 1. The van der Waals surface area contributed by atoms with Gasteiger partial charge in [-0.2, -0.15) is 0 Å². The van der Waals surface area contributed by atoms with Crippen molar-refractivity contribution in [1.82, 2.24) is 15.4 Å². The molecule has 1 fully saturated rings. The molecule has 1 heterocycles. The zero-order valence-electron chi connectivity index (χ0n) is 8.53. The number of carbonyl (C=O) groups is 1. The van der Waals surface area contributed by atoms with Crippen molar-refractivity contribution in [3.05, 3.63) is 29.7 Å². The number of nitrogens with zero attached hydrogens (tertiary/aromatic N) is 2. The Morgan fingerprint density at radius 1 is 1.44 bits per heavy atom. The van der Waals surface area contributed by atoms with E-state index in [-0.39, 0.29) is 17.0 Å². The predicted octanol–water partition coefficient (Wildman–Crippen LogP) is 1.54. The molecule has 1 aromatic heterocycles. The first kappa shape index (κ1) is 10.9. The fraction of sp³-hybridized carbons (Fsp3) is 0.300. The summed E-state index contributed by atoms with van der Waals surface area (Å²) in [5.74, 6) is 0.278. The van der Waals surface area contributed by atoms with Crippen molar-refractivity contribution in [2.75, 3.05) is 5.43 Å². The number of allylic oxidation sites excluding steroid dienone is 1. The number of aromatic nitrogens is 2. The van der Waals surface area contributed by atoms with Crippen molar-refractivity contribution in [1.29, 1.82) is 0 Å². The maximum Gasteiger partial charge on any atom is 0.242 e. The van der Waals surface area contributed by atoms with Crippen LogP contribution < -0.4 is 10.9 Å². The summed E-state index contributed by atoms with van der Waals surface area (Å²) < 4.78 is 0. The van der Waals surface area contributed by atoms with Crippen molar-refractivity contribution >= 4 is 23.3 Å². The van der Waals surface area contributed by atoms with Gasteiger partial charge in [0.05, 0.1) is 0 Å². The van der Waals surface area contributed by atoms with E-state index in [4.69, 9.17) is 11.6 Å². The van der Waals surface area contributed by atoms with Gasteiger partial charge < -0.3 is 0 Å². The Bertz CT molecular complexity index is 427. The second-order valence-electron chi connectivity index (χ2n) is 3.67. The van der Waals surface area contributed by atoms with Crippen LogP contribution in [0.3, 0.4) is 0 Å². The van der Waals surface area contributed by atoms with E-state index in [0.29, 0.717) is 5.82 Å². The average Bonchev–Trinajstić information content (AvgIpc) is 2.23. The standard InChI is InChI=1S/C10H11ClN4O/c1-6-4-7(5-6)10(16)15-14-9-8(11)12-2-3-13-9/h2-3,7H,1,4-5H2,(H,13,14)(H,15,16). The molecular weight excluding hydrogens is 228 g/mol. The van der Waals surface area contributed by atoms with Gasteiger partial charge in [0.15, 0.2) is 11.0 Å². The maximum absolute atomic E-state index is 11.5. The molecule has 1 saturated carbocycles. The first-order valence-electron chi connectivity index (χ1n) is 4.86. The summed E-state index contributed by atoms with van der Waals surface area (Å²) in [7, 11) is 0. The van der Waals surface area contributed by atoms with Gasteiger partial charge in [0.2, 0.25) is 5.91 Å². The third-order valence-electron chi connectivity index (χ3n) is 2.40. The Labute approximate surface area is 97.9 Å². The van der Waals surface area contributed by atoms with Crippen LogP contribution in [-0.2, 0) is 4.79 Å². The van der Waals surface area contributed by atoms with Gasteiger partial charge in [0.25, 0.3) is 0 Å². The van der Waals surface area contributed by atoms with E-state index >= 15 is 0 Å². The van der Waals surface area contributed by atoms with Crippen LogP contribution in [0.15, 0.2) is 24.5 Å². The van der Waals surface area contributed by atoms with Crippen LogP contribution in [0.5, 0.6) is 0 Å². The Morgan fingerprint density at radius 2 is 2.12 bits per heavy atom. The molecule has 0 spiro atoms. The third kappa shape index (κ3) is 2.30. The first-order valence-corrected chi connectivity index (χ1v) is 5.23. The van der Waals surface area contributed by atoms with E-state index in [1.54, 1.807) is 0 Å². The Kier molecular flexibility index (Phi) is 3.05. The van der Waals surface area contributed by atoms with Crippen molar-refractivity contribution < 1.29 is 4.79 Å². The normalized spacial score (nSPS) is 15.4. The van der Waals surface area contributed by atoms with Gasteiger partial charge in [0.1, 0.15) is 0 Å². The summed E-state index contributed by atoms with van der Waals surface area (Å²) in [6, 6.07) is 0. The number of amides is 1. The zero-order chi connectivity index (χ0) is 11.5. The molecule has 0 radical (unpaired) electrons. The van der Waals surface area contributed by atoms with E-state index in [2.05, 4.69) is 27.4 Å². The molecule has 0 saturated heterocycles. The van der Waals surface area contributed by atoms with Crippen molar-refractivity contribution in [2.45, 2.75) is 12.8 Å². The molecular formula is C10H11ClN4O. The van der Waals surface area contributed by atoms with Gasteiger partial charge in [-0.15, -0.1) is 0 Å². The summed E-state index contributed by atoms with van der Waals surface area (Å²) in [5.41, 5.74) is 6.30. The van der Waals surface area contributed by atoms with Gasteiger partial charge in [-0.3, -0.25) is 15.6 Å². The molecule has 0 bridgehead atoms. The van der Waals surface area contributed by atoms with Crippen molar-refractivity contribution in [2.24, 2.45) is 5.92 Å². The largest absolute Gasteiger partial charge is 0.279 e. The molecule has 0 aliphatic heterocycles. The van der Waals surface area contributed by atoms with E-state index in [1.165, 1.54) is 12.4 Å². The van der Waals surface area contributed by atoms with Crippen LogP contribution in [0.2, 0.25) is 5.15 Å². The summed E-state index contributed by atoms with van der Waals surface area (Å²) in [4.78, 5) is 19.3. The van der Waals surface area contributed by atoms with Crippen LogP contribution in [-0.4, -0.2) is 15.9 Å². The number of hydrazine groups is 1. The Hall–Kier alpha value is -1.62. The summed E-state index contributed by atoms with van der Waals surface area (Å²) in [6.45, 7) is 3.78. The highest BCUT2D eigenvalue weighted by Crippen LogP contribution is 2.31. The predicted molar refractivity (Wildman–Crippen MR) is 60.7 cm³/mol. The minimum atomic E-state index is -0.0749. The monoisotopic (exact) mass is 238 g/mol. The van der Waals surface area contributed by atoms with Gasteiger partial charge >= 0.3 is 0 Å². The molecule has 5 nitrogen and oxygen atoms in total. The molecule has 6 heteroatoms. The summed E-state index contributed by atoms with van der Waals surface area (Å²) in [5, 5.41) is 0.223. The molecule has 2 N–H and O–H groups in total. The second kappa shape index (κ2) is 4.49. The van der Waals surface area contributed by atoms with E-state index in [1.807, 2.05) is 0 Å². The molecule has 0 aromatic carbocycles. The highest BCUT2D eigenvalue weighted by molar-refractivity contribution is 6.31. The number of carbonyl (C=O) groups excluding carboxylic acids is 1. The van der Waals surface area contributed by atoms with Crippen molar-refractivity contribution in [3.8, 4) is 0 Å².